The van der Waals surface area contributed by atoms with E-state index in [4.69, 9.17) is 0 Å². The molecule has 0 bridgehead atoms. The first-order chi connectivity index (χ1) is 15.8. The normalized spacial score (nSPS) is 15.7. The Morgan fingerprint density at radius 3 is 2.58 bits per heavy atom. The summed E-state index contributed by atoms with van der Waals surface area (Å²) in [4.78, 5) is 13.9. The summed E-state index contributed by atoms with van der Waals surface area (Å²) in [7, 11) is 0. The number of rotatable bonds is 5. The molecule has 0 aliphatic heterocycles. The van der Waals surface area contributed by atoms with E-state index in [1.54, 1.807) is 18.2 Å². The van der Waals surface area contributed by atoms with Crippen molar-refractivity contribution >= 4 is 39.4 Å². The number of benzene rings is 2. The van der Waals surface area contributed by atoms with Crippen LogP contribution in [0.1, 0.15) is 40.1 Å². The minimum absolute atomic E-state index is 0.0965. The summed E-state index contributed by atoms with van der Waals surface area (Å²) in [6, 6.07) is 10.0. The standard InChI is InChI=1S/C24H22F3N3O2S/c1-13-21-18-11-15(23(32)28-19(12-31)14-3-2-4-14)5-10-20(18)30(22(21)29-33-13)17-8-6-16(7-9-17)24(25,26)27/h5-11,14,19,31H,2-4,12H2,1H3,(H,28,32)/t19-/m0/s1. The maximum absolute atomic E-state index is 13.0. The van der Waals surface area contributed by atoms with E-state index < -0.39 is 11.7 Å². The molecular formula is C24H22F3N3O2S. The van der Waals surface area contributed by atoms with Crippen LogP contribution >= 0.6 is 11.5 Å². The fraction of sp³-hybridized carbons (Fsp3) is 0.333. The van der Waals surface area contributed by atoms with Gasteiger partial charge in [0.1, 0.15) is 0 Å². The third-order valence-corrected chi connectivity index (χ3v) is 7.25. The highest BCUT2D eigenvalue weighted by Gasteiger charge is 2.31. The third-order valence-electron chi connectivity index (χ3n) is 6.51. The van der Waals surface area contributed by atoms with Crippen LogP contribution in [0.25, 0.3) is 27.6 Å². The number of fused-ring (bicyclic) bond motifs is 3. The van der Waals surface area contributed by atoms with Crippen molar-refractivity contribution in [3.05, 3.63) is 58.5 Å². The highest BCUT2D eigenvalue weighted by atomic mass is 32.1. The van der Waals surface area contributed by atoms with Crippen LogP contribution in [0.5, 0.6) is 0 Å². The van der Waals surface area contributed by atoms with Crippen molar-refractivity contribution in [2.24, 2.45) is 5.92 Å². The summed E-state index contributed by atoms with van der Waals surface area (Å²) in [5.74, 6) is 0.0533. The molecule has 5 rings (SSSR count). The van der Waals surface area contributed by atoms with Crippen LogP contribution in [0.3, 0.4) is 0 Å². The van der Waals surface area contributed by atoms with Crippen molar-refractivity contribution in [1.82, 2.24) is 14.3 Å². The van der Waals surface area contributed by atoms with Gasteiger partial charge in [0.25, 0.3) is 5.91 Å². The zero-order valence-corrected chi connectivity index (χ0v) is 18.6. The van der Waals surface area contributed by atoms with Gasteiger partial charge in [0.2, 0.25) is 0 Å². The number of amides is 1. The number of alkyl halides is 3. The number of carbonyl (C=O) groups is 1. The molecule has 1 saturated carbocycles. The second-order valence-corrected chi connectivity index (χ2v) is 9.48. The first kappa shape index (κ1) is 21.9. The van der Waals surface area contributed by atoms with Crippen molar-refractivity contribution in [3.8, 4) is 5.69 Å². The molecule has 2 aromatic carbocycles. The van der Waals surface area contributed by atoms with Gasteiger partial charge in [-0.3, -0.25) is 9.36 Å². The number of nitrogens with one attached hydrogen (secondary N) is 1. The lowest BCUT2D eigenvalue weighted by Gasteiger charge is -2.33. The van der Waals surface area contributed by atoms with Crippen molar-refractivity contribution in [2.75, 3.05) is 6.61 Å². The number of nitrogens with zero attached hydrogens (tertiary/aromatic N) is 2. The summed E-state index contributed by atoms with van der Waals surface area (Å²) in [5.41, 5.74) is 1.73. The summed E-state index contributed by atoms with van der Waals surface area (Å²) >= 11 is 1.31. The Bertz CT molecular complexity index is 1340. The first-order valence-electron chi connectivity index (χ1n) is 10.8. The van der Waals surface area contributed by atoms with Gasteiger partial charge >= 0.3 is 6.18 Å². The van der Waals surface area contributed by atoms with E-state index in [1.165, 1.54) is 23.7 Å². The van der Waals surface area contributed by atoms with E-state index in [0.717, 1.165) is 52.6 Å². The molecule has 0 unspecified atom stereocenters. The second-order valence-electron chi connectivity index (χ2n) is 8.50. The average Bonchev–Trinajstić information content (AvgIpc) is 3.28. The van der Waals surface area contributed by atoms with Crippen molar-refractivity contribution in [3.63, 3.8) is 0 Å². The van der Waals surface area contributed by atoms with Gasteiger partial charge in [-0.2, -0.15) is 17.5 Å². The smallest absolute Gasteiger partial charge is 0.394 e. The first-order valence-corrected chi connectivity index (χ1v) is 11.5. The molecule has 172 valence electrons. The lowest BCUT2D eigenvalue weighted by molar-refractivity contribution is -0.137. The fourth-order valence-electron chi connectivity index (χ4n) is 4.48. The number of halogens is 3. The Hall–Kier alpha value is -2.91. The molecule has 0 saturated heterocycles. The van der Waals surface area contributed by atoms with Gasteiger partial charge in [-0.1, -0.05) is 6.42 Å². The molecule has 9 heteroatoms. The zero-order chi connectivity index (χ0) is 23.3. The van der Waals surface area contributed by atoms with Gasteiger partial charge in [-0.15, -0.1) is 0 Å². The third kappa shape index (κ3) is 3.79. The summed E-state index contributed by atoms with van der Waals surface area (Å²) < 4.78 is 45.4. The van der Waals surface area contributed by atoms with Crippen molar-refractivity contribution < 1.29 is 23.1 Å². The number of aromatic nitrogens is 2. The lowest BCUT2D eigenvalue weighted by atomic mass is 9.80. The molecule has 1 aliphatic carbocycles. The van der Waals surface area contributed by atoms with Gasteiger partial charge in [-0.05, 0) is 79.7 Å². The van der Waals surface area contributed by atoms with Gasteiger partial charge in [0.15, 0.2) is 5.65 Å². The van der Waals surface area contributed by atoms with Crippen LogP contribution in [0.4, 0.5) is 13.2 Å². The van der Waals surface area contributed by atoms with Gasteiger partial charge in [0.05, 0.1) is 23.7 Å². The average molecular weight is 474 g/mol. The zero-order valence-electron chi connectivity index (χ0n) is 17.8. The highest BCUT2D eigenvalue weighted by Crippen LogP contribution is 2.37. The molecule has 33 heavy (non-hydrogen) atoms. The molecule has 1 atom stereocenters. The van der Waals surface area contributed by atoms with Crippen LogP contribution in [-0.4, -0.2) is 32.6 Å². The maximum Gasteiger partial charge on any atom is 0.416 e. The Kier molecular flexibility index (Phi) is 5.41. The van der Waals surface area contributed by atoms with E-state index >= 15 is 0 Å². The molecule has 0 radical (unpaired) electrons. The Morgan fingerprint density at radius 1 is 1.24 bits per heavy atom. The number of hydrogen-bond acceptors (Lipinski definition) is 4. The fourth-order valence-corrected chi connectivity index (χ4v) is 5.17. The van der Waals surface area contributed by atoms with Crippen LogP contribution in [0, 0.1) is 12.8 Å². The molecule has 1 fully saturated rings. The predicted octanol–water partition coefficient (Wildman–Crippen LogP) is 5.46. The SMILES string of the molecule is Cc1snc2c1c1cc(C(=O)N[C@@H](CO)C3CCC3)ccc1n2-c1ccc(C(F)(F)F)cc1. The number of aliphatic hydroxyl groups is 1. The molecule has 2 N–H and O–H groups in total. The number of aliphatic hydroxyl groups excluding tert-OH is 1. The molecular weight excluding hydrogens is 451 g/mol. The van der Waals surface area contributed by atoms with E-state index in [2.05, 4.69) is 9.69 Å². The number of hydrogen-bond donors (Lipinski definition) is 2. The topological polar surface area (TPSA) is 67.2 Å². The van der Waals surface area contributed by atoms with Gasteiger partial charge in [0, 0.05) is 26.9 Å². The highest BCUT2D eigenvalue weighted by molar-refractivity contribution is 7.07. The minimum atomic E-state index is -4.40. The summed E-state index contributed by atoms with van der Waals surface area (Å²) in [6.07, 6.45) is -1.29. The molecule has 2 aromatic heterocycles. The molecule has 1 amide bonds. The largest absolute Gasteiger partial charge is 0.416 e. The summed E-state index contributed by atoms with van der Waals surface area (Å²) in [6.45, 7) is 1.84. The van der Waals surface area contributed by atoms with E-state index in [-0.39, 0.29) is 18.6 Å². The minimum Gasteiger partial charge on any atom is -0.394 e. The molecule has 4 aromatic rings. The van der Waals surface area contributed by atoms with E-state index in [9.17, 15) is 23.1 Å². The molecule has 2 heterocycles. The van der Waals surface area contributed by atoms with Crippen molar-refractivity contribution in [1.29, 1.82) is 0 Å². The molecule has 0 spiro atoms. The number of carbonyl (C=O) groups excluding carboxylic acids is 1. The van der Waals surface area contributed by atoms with Crippen LogP contribution in [0.15, 0.2) is 42.5 Å². The molecule has 1 aliphatic rings. The van der Waals surface area contributed by atoms with Crippen LogP contribution in [-0.2, 0) is 6.18 Å². The Morgan fingerprint density at radius 2 is 1.97 bits per heavy atom. The summed E-state index contributed by atoms with van der Waals surface area (Å²) in [5, 5.41) is 14.3. The van der Waals surface area contributed by atoms with Crippen molar-refractivity contribution in [2.45, 2.75) is 38.4 Å². The van der Waals surface area contributed by atoms with Crippen LogP contribution in [0.2, 0.25) is 0 Å². The Balaban J connectivity index is 1.57. The van der Waals surface area contributed by atoms with Gasteiger partial charge < -0.3 is 10.4 Å². The second kappa shape index (κ2) is 8.14. The predicted molar refractivity (Wildman–Crippen MR) is 122 cm³/mol. The van der Waals surface area contributed by atoms with E-state index in [1.807, 2.05) is 11.5 Å². The lowest BCUT2D eigenvalue weighted by Crippen LogP contribution is -2.45. The van der Waals surface area contributed by atoms with E-state index in [0.29, 0.717) is 22.8 Å². The monoisotopic (exact) mass is 473 g/mol. The Labute approximate surface area is 192 Å². The quantitative estimate of drug-likeness (QED) is 0.405. The van der Waals surface area contributed by atoms with Crippen LogP contribution < -0.4 is 5.32 Å². The number of aryl methyl sites for hydroxylation is 1. The van der Waals surface area contributed by atoms with Gasteiger partial charge in [-0.25, -0.2) is 0 Å². The molecule has 5 nitrogen and oxygen atoms in total. The maximum atomic E-state index is 13.0.